The Hall–Kier alpha value is -1.06. The highest BCUT2D eigenvalue weighted by atomic mass is 16.9. The lowest BCUT2D eigenvalue weighted by atomic mass is 9.73. The van der Waals surface area contributed by atoms with Crippen molar-refractivity contribution in [3.8, 4) is 0 Å². The summed E-state index contributed by atoms with van der Waals surface area (Å²) in [5.41, 5.74) is -2.03. The monoisotopic (exact) mass is 513 g/mol. The van der Waals surface area contributed by atoms with Crippen molar-refractivity contribution in [3.63, 3.8) is 0 Å². The zero-order valence-corrected chi connectivity index (χ0v) is 24.4. The van der Waals surface area contributed by atoms with Gasteiger partial charge in [-0.2, -0.15) is 0 Å². The molecule has 2 aliphatic heterocycles. The minimum absolute atomic E-state index is 0.163. The highest BCUT2D eigenvalue weighted by molar-refractivity contribution is 5.87. The Morgan fingerprint density at radius 3 is 2.00 bits per heavy atom. The third kappa shape index (κ3) is 7.28. The molecule has 2 fully saturated rings. The molecule has 1 unspecified atom stereocenters. The van der Waals surface area contributed by atoms with Crippen molar-refractivity contribution in [3.05, 3.63) is 0 Å². The maximum atomic E-state index is 13.3. The van der Waals surface area contributed by atoms with Gasteiger partial charge in [-0.1, -0.05) is 41.5 Å². The van der Waals surface area contributed by atoms with Crippen molar-refractivity contribution in [2.45, 2.75) is 125 Å². The van der Waals surface area contributed by atoms with Gasteiger partial charge in [-0.05, 0) is 58.3 Å². The number of rotatable bonds is 12. The van der Waals surface area contributed by atoms with Crippen molar-refractivity contribution < 1.29 is 33.3 Å². The van der Waals surface area contributed by atoms with Crippen LogP contribution < -0.4 is 0 Å². The summed E-state index contributed by atoms with van der Waals surface area (Å²) in [6.45, 7) is 22.0. The molecule has 1 spiro atoms. The molecule has 1 atom stereocenters. The normalized spacial score (nSPS) is 29.2. The number of imide groups is 1. The zero-order valence-electron chi connectivity index (χ0n) is 24.4. The molecule has 36 heavy (non-hydrogen) atoms. The Kier molecular flexibility index (Phi) is 10.2. The second-order valence-corrected chi connectivity index (χ2v) is 12.6. The molecule has 0 bridgehead atoms. The lowest BCUT2D eigenvalue weighted by molar-refractivity contribution is -0.453. The third-order valence-electron chi connectivity index (χ3n) is 8.19. The number of nitrogens with zero attached hydrogens (tertiary/aromatic N) is 1. The van der Waals surface area contributed by atoms with Gasteiger partial charge in [0.15, 0.2) is 6.29 Å². The molecule has 8 heteroatoms. The van der Waals surface area contributed by atoms with E-state index in [9.17, 15) is 9.59 Å². The minimum atomic E-state index is -1.21. The van der Waals surface area contributed by atoms with E-state index in [1.165, 1.54) is 4.90 Å². The molecule has 2 rings (SSSR count). The Bertz CT molecular complexity index is 732. The fourth-order valence-corrected chi connectivity index (χ4v) is 5.27. The maximum absolute atomic E-state index is 13.3. The standard InChI is InChI=1S/C28H51NO7/c1-11-23-32-16-27(17-33-23)18-34-28(13-3,35-19-27)36-25(8,9)15-24(6,7)29(20-30)22(31)14-26(10,12-2)21(4)5/h20-21,23H,11-19H2,1-10H3. The predicted molar refractivity (Wildman–Crippen MR) is 138 cm³/mol. The Labute approximate surface area is 218 Å². The summed E-state index contributed by atoms with van der Waals surface area (Å²) in [5, 5.41) is 0. The van der Waals surface area contributed by atoms with Crippen LogP contribution in [0.15, 0.2) is 0 Å². The fourth-order valence-electron chi connectivity index (χ4n) is 5.27. The van der Waals surface area contributed by atoms with Crippen LogP contribution in [0.4, 0.5) is 0 Å². The van der Waals surface area contributed by atoms with Gasteiger partial charge in [-0.3, -0.25) is 14.5 Å². The number of carbonyl (C=O) groups excluding carboxylic acids is 2. The Morgan fingerprint density at radius 1 is 1.03 bits per heavy atom. The van der Waals surface area contributed by atoms with E-state index in [1.54, 1.807) is 0 Å². The van der Waals surface area contributed by atoms with Gasteiger partial charge >= 0.3 is 0 Å². The van der Waals surface area contributed by atoms with E-state index in [-0.39, 0.29) is 23.0 Å². The molecule has 8 nitrogen and oxygen atoms in total. The van der Waals surface area contributed by atoms with Gasteiger partial charge in [0.05, 0.1) is 37.4 Å². The molecule has 0 aromatic rings. The molecular weight excluding hydrogens is 462 g/mol. The number of ether oxygens (including phenoxy) is 5. The largest absolute Gasteiger partial charge is 0.352 e. The average Bonchev–Trinajstić information content (AvgIpc) is 2.80. The first-order valence-electron chi connectivity index (χ1n) is 13.6. The first-order chi connectivity index (χ1) is 16.6. The zero-order chi connectivity index (χ0) is 27.4. The van der Waals surface area contributed by atoms with E-state index in [2.05, 4.69) is 27.7 Å². The van der Waals surface area contributed by atoms with Gasteiger partial charge in [0.1, 0.15) is 0 Å². The highest BCUT2D eigenvalue weighted by Crippen LogP contribution is 2.41. The fraction of sp³-hybridized carbons (Fsp3) is 0.929. The van der Waals surface area contributed by atoms with Crippen LogP contribution in [0.2, 0.25) is 0 Å². The van der Waals surface area contributed by atoms with E-state index in [0.717, 1.165) is 12.8 Å². The Balaban J connectivity index is 2.08. The summed E-state index contributed by atoms with van der Waals surface area (Å²) in [5.74, 6) is -1.05. The number of hydrogen-bond donors (Lipinski definition) is 0. The van der Waals surface area contributed by atoms with Crippen LogP contribution in [-0.4, -0.2) is 67.0 Å². The average molecular weight is 514 g/mol. The molecule has 210 valence electrons. The second kappa shape index (κ2) is 11.8. The lowest BCUT2D eigenvalue weighted by Gasteiger charge is -2.50. The van der Waals surface area contributed by atoms with Crippen LogP contribution in [0.25, 0.3) is 0 Å². The van der Waals surface area contributed by atoms with Crippen molar-refractivity contribution in [2.75, 3.05) is 26.4 Å². The van der Waals surface area contributed by atoms with Crippen molar-refractivity contribution in [1.82, 2.24) is 4.90 Å². The molecular formula is C28H51NO7. The third-order valence-corrected chi connectivity index (χ3v) is 8.19. The second-order valence-electron chi connectivity index (χ2n) is 12.6. The van der Waals surface area contributed by atoms with E-state index in [1.807, 2.05) is 41.5 Å². The number of amides is 2. The molecule has 2 saturated heterocycles. The van der Waals surface area contributed by atoms with Crippen molar-refractivity contribution >= 4 is 12.3 Å². The van der Waals surface area contributed by atoms with Crippen molar-refractivity contribution in [1.29, 1.82) is 0 Å². The summed E-state index contributed by atoms with van der Waals surface area (Å²) in [4.78, 5) is 26.8. The summed E-state index contributed by atoms with van der Waals surface area (Å²) >= 11 is 0. The molecule has 0 aromatic carbocycles. The van der Waals surface area contributed by atoms with Gasteiger partial charge in [0.25, 0.3) is 5.97 Å². The van der Waals surface area contributed by atoms with E-state index < -0.39 is 17.1 Å². The number of hydrogen-bond acceptors (Lipinski definition) is 7. The summed E-state index contributed by atoms with van der Waals surface area (Å²) in [6.07, 6.45) is 3.38. The molecule has 2 heterocycles. The smallest absolute Gasteiger partial charge is 0.283 e. The summed E-state index contributed by atoms with van der Waals surface area (Å²) < 4.78 is 30.5. The molecule has 2 amide bonds. The highest BCUT2D eigenvalue weighted by Gasteiger charge is 2.50. The van der Waals surface area contributed by atoms with Gasteiger partial charge in [-0.25, -0.2) is 0 Å². The Morgan fingerprint density at radius 2 is 1.58 bits per heavy atom. The number of carbonyl (C=O) groups is 2. The van der Waals surface area contributed by atoms with Crippen LogP contribution in [0.3, 0.4) is 0 Å². The van der Waals surface area contributed by atoms with Crippen LogP contribution >= 0.6 is 0 Å². The molecule has 0 radical (unpaired) electrons. The van der Waals surface area contributed by atoms with Crippen LogP contribution in [-0.2, 0) is 33.3 Å². The lowest BCUT2D eigenvalue weighted by Crippen LogP contribution is -2.59. The van der Waals surface area contributed by atoms with E-state index in [4.69, 9.17) is 23.7 Å². The quantitative estimate of drug-likeness (QED) is 0.328. The molecule has 0 aromatic heterocycles. The van der Waals surface area contributed by atoms with E-state index >= 15 is 0 Å². The van der Waals surface area contributed by atoms with Gasteiger partial charge < -0.3 is 23.7 Å². The van der Waals surface area contributed by atoms with E-state index in [0.29, 0.717) is 58.0 Å². The molecule has 0 saturated carbocycles. The minimum Gasteiger partial charge on any atom is -0.352 e. The predicted octanol–water partition coefficient (Wildman–Crippen LogP) is 5.28. The van der Waals surface area contributed by atoms with Gasteiger partial charge in [0.2, 0.25) is 12.3 Å². The van der Waals surface area contributed by atoms with Gasteiger partial charge in [-0.15, -0.1) is 0 Å². The molecule has 0 N–H and O–H groups in total. The maximum Gasteiger partial charge on any atom is 0.283 e. The van der Waals surface area contributed by atoms with Crippen molar-refractivity contribution in [2.24, 2.45) is 16.7 Å². The SMILES string of the molecule is CCC1OCC2(CO1)COC(CC)(OC(C)(C)CC(C)(C)N(C=O)C(=O)CC(C)(CC)C(C)C)OC2. The molecule has 2 aliphatic rings. The van der Waals surface area contributed by atoms with Crippen LogP contribution in [0.5, 0.6) is 0 Å². The topological polar surface area (TPSA) is 83.5 Å². The molecule has 0 aliphatic carbocycles. The van der Waals surface area contributed by atoms with Crippen LogP contribution in [0.1, 0.15) is 101 Å². The van der Waals surface area contributed by atoms with Gasteiger partial charge in [0, 0.05) is 18.4 Å². The summed E-state index contributed by atoms with van der Waals surface area (Å²) in [6, 6.07) is 0. The first-order valence-corrected chi connectivity index (χ1v) is 13.6. The summed E-state index contributed by atoms with van der Waals surface area (Å²) in [7, 11) is 0. The van der Waals surface area contributed by atoms with Crippen LogP contribution in [0, 0.1) is 16.7 Å². The first kappa shape index (κ1) is 31.2.